The van der Waals surface area contributed by atoms with E-state index in [9.17, 15) is 61.5 Å². The number of hydrogen-bond acceptors (Lipinski definition) is 1. The summed E-state index contributed by atoms with van der Waals surface area (Å²) in [4.78, 5) is 0. The Bertz CT molecular complexity index is 419. The number of halogens is 14. The van der Waals surface area contributed by atoms with Crippen molar-refractivity contribution in [1.82, 2.24) is 0 Å². The van der Waals surface area contributed by atoms with E-state index < -0.39 is 48.3 Å². The van der Waals surface area contributed by atoms with Gasteiger partial charge in [0.2, 0.25) is 0 Å². The lowest BCUT2D eigenvalue weighted by Gasteiger charge is -2.37. The predicted octanol–water partition coefficient (Wildman–Crippen LogP) is 5.45. The van der Waals surface area contributed by atoms with Crippen LogP contribution in [0.2, 0.25) is 0 Å². The summed E-state index contributed by atoms with van der Waals surface area (Å²) in [6.07, 6.45) is -21.4. The third-order valence-electron chi connectivity index (χ3n) is 2.98. The Labute approximate surface area is 129 Å². The molecule has 0 aliphatic rings. The topological polar surface area (TPSA) is 9.23 Å². The largest absolute Gasteiger partial charge is 0.459 e. The first-order valence-corrected chi connectivity index (χ1v) is 5.85. The first-order chi connectivity index (χ1) is 10.5. The maximum Gasteiger partial charge on any atom is 0.459 e. The quantitative estimate of drug-likeness (QED) is 0.530. The average molecular weight is 410 g/mol. The Balaban J connectivity index is 5.60. The zero-order valence-electron chi connectivity index (χ0n) is 11.9. The number of hydrogen-bond donors (Lipinski definition) is 0. The van der Waals surface area contributed by atoms with Gasteiger partial charge >= 0.3 is 36.0 Å². The van der Waals surface area contributed by atoms with E-state index in [4.69, 9.17) is 0 Å². The van der Waals surface area contributed by atoms with Crippen molar-refractivity contribution in [1.29, 1.82) is 0 Å². The summed E-state index contributed by atoms with van der Waals surface area (Å²) in [6, 6.07) is 0. The third-order valence-corrected chi connectivity index (χ3v) is 2.98. The smallest absolute Gasteiger partial charge is 0.363 e. The molecule has 0 N–H and O–H groups in total. The van der Waals surface area contributed by atoms with E-state index >= 15 is 0 Å². The first kappa shape index (κ1) is 24.0. The molecular weight excluding hydrogens is 402 g/mol. The summed E-state index contributed by atoms with van der Waals surface area (Å²) in [7, 11) is 0. The SMILES string of the molecule is CC(OC(C)C(F)(F)C(F)(F)C(F)(F)F)C(F)(F)C(F)(F)C(F)(F)F. The molecule has 0 spiro atoms. The molecule has 0 saturated carbocycles. The monoisotopic (exact) mass is 410 g/mol. The maximum absolute atomic E-state index is 13.1. The van der Waals surface area contributed by atoms with Gasteiger partial charge in [0.1, 0.15) is 12.2 Å². The Morgan fingerprint density at radius 2 is 0.680 bits per heavy atom. The standard InChI is InChI=1S/C10H8F14O/c1-3(5(11,12)7(15,16)9(19,20)21)25-4(2)6(13,14)8(17,18)10(22,23)24/h3-4H,1-2H3. The minimum Gasteiger partial charge on any atom is -0.363 e. The fraction of sp³-hybridized carbons (Fsp3) is 1.00. The van der Waals surface area contributed by atoms with Crippen LogP contribution in [-0.4, -0.2) is 48.3 Å². The van der Waals surface area contributed by atoms with Crippen molar-refractivity contribution in [3.63, 3.8) is 0 Å². The minimum absolute atomic E-state index is 0.321. The molecule has 0 radical (unpaired) electrons. The third kappa shape index (κ3) is 3.89. The molecule has 25 heavy (non-hydrogen) atoms. The molecule has 0 saturated heterocycles. The lowest BCUT2D eigenvalue weighted by atomic mass is 10.0. The van der Waals surface area contributed by atoms with Gasteiger partial charge in [0, 0.05) is 0 Å². The highest BCUT2D eigenvalue weighted by atomic mass is 19.4. The molecule has 2 unspecified atom stereocenters. The lowest BCUT2D eigenvalue weighted by Crippen LogP contribution is -2.61. The van der Waals surface area contributed by atoms with Gasteiger partial charge in [-0.3, -0.25) is 0 Å². The van der Waals surface area contributed by atoms with E-state index in [-0.39, 0.29) is 13.8 Å². The number of rotatable bonds is 6. The summed E-state index contributed by atoms with van der Waals surface area (Å²) >= 11 is 0. The molecule has 152 valence electrons. The predicted molar refractivity (Wildman–Crippen MR) is 51.9 cm³/mol. The van der Waals surface area contributed by atoms with Crippen LogP contribution in [-0.2, 0) is 4.74 Å². The van der Waals surface area contributed by atoms with Gasteiger partial charge in [0.25, 0.3) is 0 Å². The molecule has 0 heterocycles. The van der Waals surface area contributed by atoms with E-state index in [1.807, 2.05) is 0 Å². The fourth-order valence-electron chi connectivity index (χ4n) is 1.37. The van der Waals surface area contributed by atoms with Gasteiger partial charge in [-0.1, -0.05) is 0 Å². The van der Waals surface area contributed by atoms with Crippen molar-refractivity contribution in [3.8, 4) is 0 Å². The minimum atomic E-state index is -6.88. The van der Waals surface area contributed by atoms with Crippen LogP contribution in [0.1, 0.15) is 13.8 Å². The molecule has 0 bridgehead atoms. The summed E-state index contributed by atoms with van der Waals surface area (Å²) in [5, 5.41) is 0. The molecule has 0 aliphatic heterocycles. The van der Waals surface area contributed by atoms with Gasteiger partial charge in [0.05, 0.1) is 0 Å². The molecule has 1 nitrogen and oxygen atoms in total. The summed E-state index contributed by atoms with van der Waals surface area (Å²) in [6.45, 7) is -0.643. The second-order valence-electron chi connectivity index (χ2n) is 4.81. The molecular formula is C10H8F14O. The van der Waals surface area contributed by atoms with Gasteiger partial charge in [-0.15, -0.1) is 0 Å². The van der Waals surface area contributed by atoms with Crippen molar-refractivity contribution in [2.75, 3.05) is 0 Å². The highest BCUT2D eigenvalue weighted by Gasteiger charge is 2.77. The van der Waals surface area contributed by atoms with Crippen LogP contribution in [0.4, 0.5) is 61.5 Å². The second-order valence-corrected chi connectivity index (χ2v) is 4.81. The average Bonchev–Trinajstić information content (AvgIpc) is 2.34. The Morgan fingerprint density at radius 1 is 0.480 bits per heavy atom. The zero-order chi connectivity index (χ0) is 20.9. The molecule has 0 aromatic rings. The molecule has 0 aromatic heterocycles. The number of ether oxygens (including phenoxy) is 1. The van der Waals surface area contributed by atoms with Crippen LogP contribution >= 0.6 is 0 Å². The van der Waals surface area contributed by atoms with Crippen molar-refractivity contribution in [2.24, 2.45) is 0 Å². The number of alkyl halides is 14. The van der Waals surface area contributed by atoms with Crippen LogP contribution in [0, 0.1) is 0 Å². The van der Waals surface area contributed by atoms with E-state index in [2.05, 4.69) is 4.74 Å². The summed E-state index contributed by atoms with van der Waals surface area (Å²) in [5.74, 6) is -26.2. The second kappa shape index (κ2) is 6.30. The van der Waals surface area contributed by atoms with Gasteiger partial charge in [0.15, 0.2) is 0 Å². The molecule has 0 aromatic carbocycles. The molecule has 0 aliphatic carbocycles. The Kier molecular flexibility index (Phi) is 6.04. The van der Waals surface area contributed by atoms with Crippen LogP contribution in [0.3, 0.4) is 0 Å². The Morgan fingerprint density at radius 3 is 0.840 bits per heavy atom. The summed E-state index contributed by atoms with van der Waals surface area (Å²) in [5.41, 5.74) is 0. The van der Waals surface area contributed by atoms with Crippen molar-refractivity contribution in [2.45, 2.75) is 62.1 Å². The van der Waals surface area contributed by atoms with Crippen molar-refractivity contribution in [3.05, 3.63) is 0 Å². The van der Waals surface area contributed by atoms with Gasteiger partial charge < -0.3 is 4.74 Å². The van der Waals surface area contributed by atoms with E-state index in [0.717, 1.165) is 0 Å². The highest BCUT2D eigenvalue weighted by Crippen LogP contribution is 2.51. The lowest BCUT2D eigenvalue weighted by molar-refractivity contribution is -0.394. The normalized spacial score (nSPS) is 18.2. The molecule has 0 rings (SSSR count). The van der Waals surface area contributed by atoms with Gasteiger partial charge in [-0.25, -0.2) is 0 Å². The Hall–Kier alpha value is -1.02. The van der Waals surface area contributed by atoms with Crippen LogP contribution in [0.25, 0.3) is 0 Å². The molecule has 0 fully saturated rings. The van der Waals surface area contributed by atoms with Crippen LogP contribution in [0.15, 0.2) is 0 Å². The van der Waals surface area contributed by atoms with Crippen LogP contribution < -0.4 is 0 Å². The van der Waals surface area contributed by atoms with E-state index in [1.165, 1.54) is 0 Å². The van der Waals surface area contributed by atoms with Gasteiger partial charge in [-0.05, 0) is 13.8 Å². The zero-order valence-corrected chi connectivity index (χ0v) is 11.9. The fourth-order valence-corrected chi connectivity index (χ4v) is 1.37. The molecule has 2 atom stereocenters. The molecule has 15 heteroatoms. The van der Waals surface area contributed by atoms with Crippen molar-refractivity contribution < 1.29 is 66.2 Å². The molecule has 0 amide bonds. The van der Waals surface area contributed by atoms with Gasteiger partial charge in [-0.2, -0.15) is 61.5 Å². The van der Waals surface area contributed by atoms with Crippen molar-refractivity contribution >= 4 is 0 Å². The summed E-state index contributed by atoms with van der Waals surface area (Å²) < 4.78 is 178. The maximum atomic E-state index is 13.1. The van der Waals surface area contributed by atoms with E-state index in [0.29, 0.717) is 0 Å². The van der Waals surface area contributed by atoms with E-state index in [1.54, 1.807) is 0 Å². The van der Waals surface area contributed by atoms with Crippen LogP contribution in [0.5, 0.6) is 0 Å². The highest BCUT2D eigenvalue weighted by molar-refractivity contribution is 4.98. The first-order valence-electron chi connectivity index (χ1n) is 5.85.